The Balaban J connectivity index is 0.00000338. The van der Waals surface area contributed by atoms with Crippen molar-refractivity contribution in [2.24, 2.45) is 4.99 Å². The van der Waals surface area contributed by atoms with Gasteiger partial charge in [0, 0.05) is 46.3 Å². The van der Waals surface area contributed by atoms with E-state index >= 15 is 0 Å². The van der Waals surface area contributed by atoms with Crippen molar-refractivity contribution < 1.29 is 9.47 Å². The van der Waals surface area contributed by atoms with Crippen LogP contribution in [0.1, 0.15) is 18.9 Å². The van der Waals surface area contributed by atoms with Gasteiger partial charge in [0.1, 0.15) is 11.9 Å². The summed E-state index contributed by atoms with van der Waals surface area (Å²) in [5, 5.41) is 6.70. The first-order valence-electron chi connectivity index (χ1n) is 9.17. The Labute approximate surface area is 174 Å². The molecule has 0 radical (unpaired) electrons. The predicted octanol–water partition coefficient (Wildman–Crippen LogP) is 2.13. The lowest BCUT2D eigenvalue weighted by Crippen LogP contribution is -2.41. The van der Waals surface area contributed by atoms with Crippen LogP contribution in [-0.2, 0) is 11.2 Å². The average Bonchev–Trinajstić information content (AvgIpc) is 3.03. The fourth-order valence-corrected chi connectivity index (χ4v) is 2.85. The number of nitrogens with one attached hydrogen (secondary N) is 2. The number of rotatable bonds is 10. The largest absolute Gasteiger partial charge is 0.488 e. The molecule has 6 nitrogen and oxygen atoms in total. The Morgan fingerprint density at radius 3 is 2.85 bits per heavy atom. The second-order valence-electron chi connectivity index (χ2n) is 6.35. The topological polar surface area (TPSA) is 58.1 Å². The summed E-state index contributed by atoms with van der Waals surface area (Å²) < 4.78 is 11.0. The zero-order valence-corrected chi connectivity index (χ0v) is 18.5. The number of nitrogens with zero attached hydrogens (tertiary/aromatic N) is 2. The van der Waals surface area contributed by atoms with E-state index in [1.165, 1.54) is 5.56 Å². The lowest BCUT2D eigenvalue weighted by Gasteiger charge is -2.18. The number of hydrogen-bond acceptors (Lipinski definition) is 4. The number of halogens is 1. The number of hydrogen-bond donors (Lipinski definition) is 2. The molecule has 1 aliphatic heterocycles. The minimum Gasteiger partial charge on any atom is -0.488 e. The number of guanidine groups is 1. The highest BCUT2D eigenvalue weighted by molar-refractivity contribution is 14.0. The van der Waals surface area contributed by atoms with Crippen LogP contribution in [0.15, 0.2) is 29.3 Å². The summed E-state index contributed by atoms with van der Waals surface area (Å²) in [6, 6.07) is 8.23. The summed E-state index contributed by atoms with van der Waals surface area (Å²) in [7, 11) is 3.87. The molecule has 0 saturated heterocycles. The van der Waals surface area contributed by atoms with Gasteiger partial charge >= 0.3 is 0 Å². The number of likely N-dealkylation sites (N-methyl/N-ethyl adjacent to an activating group) is 1. The zero-order valence-electron chi connectivity index (χ0n) is 16.2. The molecule has 1 unspecified atom stereocenters. The molecule has 148 valence electrons. The van der Waals surface area contributed by atoms with Gasteiger partial charge in [-0.1, -0.05) is 18.2 Å². The maximum absolute atomic E-state index is 5.95. The van der Waals surface area contributed by atoms with Gasteiger partial charge < -0.3 is 25.0 Å². The van der Waals surface area contributed by atoms with Gasteiger partial charge in [-0.3, -0.25) is 0 Å². The molecule has 0 spiro atoms. The molecule has 0 saturated carbocycles. The third kappa shape index (κ3) is 8.09. The Morgan fingerprint density at radius 2 is 2.12 bits per heavy atom. The second-order valence-corrected chi connectivity index (χ2v) is 6.35. The van der Waals surface area contributed by atoms with Gasteiger partial charge in [-0.25, -0.2) is 4.99 Å². The number of methoxy groups -OCH3 is 1. The standard InChI is InChI=1S/C19H32N4O2.HI/c1-4-20-19(21-10-12-23(2)11-7-13-24-3)22-15-17-14-16-8-5-6-9-18(16)25-17;/h5-6,8-9,17H,4,7,10-15H2,1-3H3,(H2,20,21,22);1H. The molecule has 0 bridgehead atoms. The van der Waals surface area contributed by atoms with Crippen molar-refractivity contribution in [3.63, 3.8) is 0 Å². The average molecular weight is 476 g/mol. The molecular weight excluding hydrogens is 443 g/mol. The normalized spacial score (nSPS) is 16.0. The van der Waals surface area contributed by atoms with Gasteiger partial charge in [0.15, 0.2) is 5.96 Å². The minimum atomic E-state index is 0. The highest BCUT2D eigenvalue weighted by atomic mass is 127. The monoisotopic (exact) mass is 476 g/mol. The molecule has 0 aromatic heterocycles. The number of ether oxygens (including phenoxy) is 2. The molecular formula is C19H33IN4O2. The van der Waals surface area contributed by atoms with E-state index in [2.05, 4.69) is 46.6 Å². The van der Waals surface area contributed by atoms with Crippen molar-refractivity contribution in [1.82, 2.24) is 15.5 Å². The van der Waals surface area contributed by atoms with Crippen LogP contribution in [0.5, 0.6) is 5.75 Å². The number of para-hydroxylation sites is 1. The van der Waals surface area contributed by atoms with Gasteiger partial charge in [0.25, 0.3) is 0 Å². The lowest BCUT2D eigenvalue weighted by molar-refractivity contribution is 0.180. The first-order chi connectivity index (χ1) is 12.2. The molecule has 1 aromatic rings. The van der Waals surface area contributed by atoms with E-state index in [1.54, 1.807) is 7.11 Å². The van der Waals surface area contributed by atoms with Crippen LogP contribution in [0, 0.1) is 0 Å². The van der Waals surface area contributed by atoms with E-state index in [9.17, 15) is 0 Å². The molecule has 0 fully saturated rings. The van der Waals surface area contributed by atoms with Crippen molar-refractivity contribution in [2.75, 3.05) is 53.5 Å². The summed E-state index contributed by atoms with van der Waals surface area (Å²) in [5.41, 5.74) is 1.28. The molecule has 1 aromatic carbocycles. The third-order valence-electron chi connectivity index (χ3n) is 4.19. The fraction of sp³-hybridized carbons (Fsp3) is 0.632. The van der Waals surface area contributed by atoms with E-state index < -0.39 is 0 Å². The van der Waals surface area contributed by atoms with Crippen LogP contribution >= 0.6 is 24.0 Å². The molecule has 7 heteroatoms. The van der Waals surface area contributed by atoms with Gasteiger partial charge in [-0.05, 0) is 32.0 Å². The van der Waals surface area contributed by atoms with Gasteiger partial charge in [0.05, 0.1) is 6.54 Å². The predicted molar refractivity (Wildman–Crippen MR) is 118 cm³/mol. The molecule has 1 atom stereocenters. The third-order valence-corrected chi connectivity index (χ3v) is 4.19. The number of aliphatic imine (C=N–C) groups is 1. The quantitative estimate of drug-likeness (QED) is 0.235. The molecule has 0 amide bonds. The minimum absolute atomic E-state index is 0. The Hall–Kier alpha value is -1.06. The molecule has 0 aliphatic carbocycles. The van der Waals surface area contributed by atoms with E-state index in [4.69, 9.17) is 9.47 Å². The molecule has 1 heterocycles. The number of benzene rings is 1. The van der Waals surface area contributed by atoms with E-state index in [0.29, 0.717) is 6.54 Å². The van der Waals surface area contributed by atoms with Crippen LogP contribution in [-0.4, -0.2) is 70.5 Å². The van der Waals surface area contributed by atoms with Crippen molar-refractivity contribution in [2.45, 2.75) is 25.9 Å². The molecule has 1 aliphatic rings. The summed E-state index contributed by atoms with van der Waals surface area (Å²) in [4.78, 5) is 6.98. The van der Waals surface area contributed by atoms with Crippen molar-refractivity contribution in [1.29, 1.82) is 0 Å². The highest BCUT2D eigenvalue weighted by Crippen LogP contribution is 2.28. The maximum Gasteiger partial charge on any atom is 0.191 e. The van der Waals surface area contributed by atoms with Crippen LogP contribution in [0.3, 0.4) is 0 Å². The maximum atomic E-state index is 5.95. The Kier molecular flexibility index (Phi) is 11.6. The van der Waals surface area contributed by atoms with Gasteiger partial charge in [-0.15, -0.1) is 24.0 Å². The molecule has 26 heavy (non-hydrogen) atoms. The summed E-state index contributed by atoms with van der Waals surface area (Å²) in [5.74, 6) is 1.85. The second kappa shape index (κ2) is 13.2. The van der Waals surface area contributed by atoms with Crippen LogP contribution in [0.25, 0.3) is 0 Å². The van der Waals surface area contributed by atoms with Crippen LogP contribution < -0.4 is 15.4 Å². The lowest BCUT2D eigenvalue weighted by atomic mass is 10.1. The first-order valence-corrected chi connectivity index (χ1v) is 9.17. The Morgan fingerprint density at radius 1 is 1.31 bits per heavy atom. The molecule has 2 N–H and O–H groups in total. The summed E-state index contributed by atoms with van der Waals surface area (Å²) in [6.45, 7) is 7.27. The van der Waals surface area contributed by atoms with Gasteiger partial charge in [0.2, 0.25) is 0 Å². The van der Waals surface area contributed by atoms with Gasteiger partial charge in [-0.2, -0.15) is 0 Å². The molecule has 2 rings (SSSR count). The van der Waals surface area contributed by atoms with E-state index in [1.807, 2.05) is 12.1 Å². The van der Waals surface area contributed by atoms with Crippen LogP contribution in [0.2, 0.25) is 0 Å². The van der Waals surface area contributed by atoms with Crippen molar-refractivity contribution in [3.05, 3.63) is 29.8 Å². The summed E-state index contributed by atoms with van der Waals surface area (Å²) in [6.07, 6.45) is 2.12. The van der Waals surface area contributed by atoms with Crippen molar-refractivity contribution in [3.8, 4) is 5.75 Å². The van der Waals surface area contributed by atoms with E-state index in [-0.39, 0.29) is 30.1 Å². The smallest absolute Gasteiger partial charge is 0.191 e. The first kappa shape index (κ1) is 23.0. The SMILES string of the molecule is CCNC(=NCC1Cc2ccccc2O1)NCCN(C)CCCOC.I. The highest BCUT2D eigenvalue weighted by Gasteiger charge is 2.21. The number of fused-ring (bicyclic) bond motifs is 1. The Bertz CT molecular complexity index is 517. The van der Waals surface area contributed by atoms with E-state index in [0.717, 1.165) is 57.3 Å². The van der Waals surface area contributed by atoms with Crippen molar-refractivity contribution >= 4 is 29.9 Å². The fourth-order valence-electron chi connectivity index (χ4n) is 2.85. The zero-order chi connectivity index (χ0) is 17.9. The summed E-state index contributed by atoms with van der Waals surface area (Å²) >= 11 is 0. The van der Waals surface area contributed by atoms with Crippen LogP contribution in [0.4, 0.5) is 0 Å².